The van der Waals surface area contributed by atoms with Crippen LogP contribution in [0, 0.1) is 5.92 Å². The summed E-state index contributed by atoms with van der Waals surface area (Å²) in [6, 6.07) is 2.95. The van der Waals surface area contributed by atoms with Crippen LogP contribution in [0.4, 0.5) is 13.2 Å². The van der Waals surface area contributed by atoms with Gasteiger partial charge in [0.05, 0.1) is 23.1 Å². The number of carbonyl (C=O) groups is 1. The summed E-state index contributed by atoms with van der Waals surface area (Å²) in [5.74, 6) is -0.281. The van der Waals surface area contributed by atoms with Crippen molar-refractivity contribution in [1.82, 2.24) is 0 Å². The molecule has 0 heterocycles. The van der Waals surface area contributed by atoms with Crippen LogP contribution < -0.4 is 4.74 Å². The molecule has 0 bridgehead atoms. The average molecular weight is 323 g/mol. The molecule has 0 aromatic heterocycles. The van der Waals surface area contributed by atoms with Crippen molar-refractivity contribution in [3.63, 3.8) is 0 Å². The molecule has 1 aliphatic carbocycles. The Morgan fingerprint density at radius 2 is 2.05 bits per heavy atom. The van der Waals surface area contributed by atoms with Crippen LogP contribution >= 0.6 is 11.6 Å². The summed E-state index contributed by atoms with van der Waals surface area (Å²) in [6.45, 7) is 2.05. The van der Waals surface area contributed by atoms with Crippen molar-refractivity contribution in [3.8, 4) is 5.75 Å². The van der Waals surface area contributed by atoms with Crippen molar-refractivity contribution in [3.05, 3.63) is 28.8 Å². The maximum absolute atomic E-state index is 12.5. The van der Waals surface area contributed by atoms with Gasteiger partial charge in [-0.1, -0.05) is 11.6 Å². The van der Waals surface area contributed by atoms with Gasteiger partial charge in [-0.2, -0.15) is 13.2 Å². The van der Waals surface area contributed by atoms with Crippen LogP contribution in [0.3, 0.4) is 0 Å². The van der Waals surface area contributed by atoms with Gasteiger partial charge in [0.25, 0.3) is 0 Å². The molecule has 0 amide bonds. The smallest absolute Gasteiger partial charge is 0.416 e. The fourth-order valence-corrected chi connectivity index (χ4v) is 2.29. The van der Waals surface area contributed by atoms with Crippen LogP contribution in [0.25, 0.3) is 0 Å². The highest BCUT2D eigenvalue weighted by molar-refractivity contribution is 6.32. The summed E-state index contributed by atoms with van der Waals surface area (Å²) in [6.07, 6.45) is -3.70. The molecule has 0 unspecified atom stereocenters. The van der Waals surface area contributed by atoms with Gasteiger partial charge in [0.15, 0.2) is 0 Å². The molecule has 0 atom stereocenters. The lowest BCUT2D eigenvalue weighted by molar-refractivity contribution is -0.154. The molecule has 2 rings (SSSR count). The monoisotopic (exact) mass is 322 g/mol. The lowest BCUT2D eigenvalue weighted by Crippen LogP contribution is -2.39. The molecule has 0 radical (unpaired) electrons. The van der Waals surface area contributed by atoms with E-state index >= 15 is 0 Å². The maximum Gasteiger partial charge on any atom is 0.416 e. The molecule has 116 valence electrons. The predicted octanol–water partition coefficient (Wildman–Crippen LogP) is 4.08. The molecule has 1 saturated carbocycles. The third kappa shape index (κ3) is 3.81. The topological polar surface area (TPSA) is 35.5 Å². The average Bonchev–Trinajstić information content (AvgIpc) is 2.33. The summed E-state index contributed by atoms with van der Waals surface area (Å²) in [5.41, 5.74) is -0.821. The fraction of sp³-hybridized carbons (Fsp3) is 0.500. The first kappa shape index (κ1) is 15.9. The molecule has 0 aliphatic heterocycles. The molecular weight excluding hydrogens is 309 g/mol. The van der Waals surface area contributed by atoms with Crippen LogP contribution in [-0.2, 0) is 15.7 Å². The Bertz CT molecular complexity index is 525. The van der Waals surface area contributed by atoms with Crippen LogP contribution in [0.2, 0.25) is 5.02 Å². The van der Waals surface area contributed by atoms with E-state index in [0.717, 1.165) is 12.1 Å². The highest BCUT2D eigenvalue weighted by atomic mass is 35.5. The molecule has 21 heavy (non-hydrogen) atoms. The summed E-state index contributed by atoms with van der Waals surface area (Å²) in [4.78, 5) is 11.4. The van der Waals surface area contributed by atoms with Crippen LogP contribution in [0.1, 0.15) is 25.3 Å². The first-order valence-electron chi connectivity index (χ1n) is 6.51. The summed E-state index contributed by atoms with van der Waals surface area (Å²) in [7, 11) is 0. The Morgan fingerprint density at radius 1 is 1.38 bits per heavy atom. The minimum atomic E-state index is -4.44. The lowest BCUT2D eigenvalue weighted by Gasteiger charge is -2.33. The minimum absolute atomic E-state index is 0.0931. The van der Waals surface area contributed by atoms with Gasteiger partial charge in [0.2, 0.25) is 0 Å². The van der Waals surface area contributed by atoms with Crippen LogP contribution in [-0.4, -0.2) is 18.7 Å². The van der Waals surface area contributed by atoms with Crippen molar-refractivity contribution in [2.24, 2.45) is 5.92 Å². The van der Waals surface area contributed by atoms with Gasteiger partial charge in [-0.05, 0) is 38.0 Å². The van der Waals surface area contributed by atoms with Crippen molar-refractivity contribution < 1.29 is 27.4 Å². The van der Waals surface area contributed by atoms with Gasteiger partial charge in [-0.25, -0.2) is 0 Å². The number of benzene rings is 1. The number of rotatable bonds is 4. The largest absolute Gasteiger partial charge is 0.489 e. The second-order valence-corrected chi connectivity index (χ2v) is 5.21. The quantitative estimate of drug-likeness (QED) is 0.784. The van der Waals surface area contributed by atoms with Crippen molar-refractivity contribution in [2.45, 2.75) is 32.0 Å². The summed E-state index contributed by atoms with van der Waals surface area (Å²) in [5, 5.41) is -0.0931. The summed E-state index contributed by atoms with van der Waals surface area (Å²) < 4.78 is 47.9. The number of esters is 1. The molecule has 3 nitrogen and oxygen atoms in total. The van der Waals surface area contributed by atoms with E-state index in [4.69, 9.17) is 21.1 Å². The zero-order valence-electron chi connectivity index (χ0n) is 11.2. The van der Waals surface area contributed by atoms with E-state index in [1.54, 1.807) is 6.92 Å². The second kappa shape index (κ2) is 6.13. The van der Waals surface area contributed by atoms with E-state index in [1.807, 2.05) is 0 Å². The van der Waals surface area contributed by atoms with E-state index in [0.29, 0.717) is 19.4 Å². The van der Waals surface area contributed by atoms with Gasteiger partial charge >= 0.3 is 12.1 Å². The molecule has 0 spiro atoms. The van der Waals surface area contributed by atoms with Crippen molar-refractivity contribution in [1.29, 1.82) is 0 Å². The molecule has 1 fully saturated rings. The number of hydrogen-bond acceptors (Lipinski definition) is 3. The molecule has 7 heteroatoms. The van der Waals surface area contributed by atoms with E-state index in [-0.39, 0.29) is 28.8 Å². The third-order valence-electron chi connectivity index (χ3n) is 3.27. The Hall–Kier alpha value is -1.43. The number of alkyl halides is 3. The molecule has 0 N–H and O–H groups in total. The van der Waals surface area contributed by atoms with Gasteiger partial charge in [-0.3, -0.25) is 4.79 Å². The Morgan fingerprint density at radius 3 is 2.57 bits per heavy atom. The molecule has 1 aliphatic rings. The minimum Gasteiger partial charge on any atom is -0.489 e. The fourth-order valence-electron chi connectivity index (χ4n) is 2.07. The number of hydrogen-bond donors (Lipinski definition) is 0. The van der Waals surface area contributed by atoms with E-state index in [1.165, 1.54) is 6.07 Å². The predicted molar refractivity (Wildman–Crippen MR) is 70.2 cm³/mol. The third-order valence-corrected chi connectivity index (χ3v) is 3.56. The maximum atomic E-state index is 12.5. The highest BCUT2D eigenvalue weighted by Gasteiger charge is 2.37. The summed E-state index contributed by atoms with van der Waals surface area (Å²) >= 11 is 5.79. The zero-order valence-corrected chi connectivity index (χ0v) is 12.0. The standard InChI is InChI=1S/C14H14ClF3O3/c1-2-20-13(19)8-5-10(6-8)21-12-4-3-9(7-11(12)15)14(16,17)18/h3-4,7-8,10H,2,5-6H2,1H3/t8-,10+. The number of carbonyl (C=O) groups excluding carboxylic acids is 1. The normalized spacial score (nSPS) is 21.6. The van der Waals surface area contributed by atoms with Gasteiger partial charge in [-0.15, -0.1) is 0 Å². The van der Waals surface area contributed by atoms with Crippen LogP contribution in [0.15, 0.2) is 18.2 Å². The van der Waals surface area contributed by atoms with Gasteiger partial charge in [0, 0.05) is 0 Å². The SMILES string of the molecule is CCOC(=O)[C@H]1C[C@@H](Oc2ccc(C(F)(F)F)cc2Cl)C1. The van der Waals surface area contributed by atoms with Crippen molar-refractivity contribution >= 4 is 17.6 Å². The Balaban J connectivity index is 1.92. The molecule has 0 saturated heterocycles. The number of ether oxygens (including phenoxy) is 2. The number of halogens is 4. The first-order valence-corrected chi connectivity index (χ1v) is 6.89. The van der Waals surface area contributed by atoms with E-state index in [9.17, 15) is 18.0 Å². The highest BCUT2D eigenvalue weighted by Crippen LogP contribution is 2.38. The van der Waals surface area contributed by atoms with E-state index < -0.39 is 11.7 Å². The molecule has 1 aromatic rings. The van der Waals surface area contributed by atoms with E-state index in [2.05, 4.69) is 0 Å². The second-order valence-electron chi connectivity index (χ2n) is 4.80. The van der Waals surface area contributed by atoms with Gasteiger partial charge < -0.3 is 9.47 Å². The molecular formula is C14H14ClF3O3. The first-order chi connectivity index (χ1) is 9.81. The molecule has 1 aromatic carbocycles. The lowest BCUT2D eigenvalue weighted by atomic mass is 9.82. The van der Waals surface area contributed by atoms with Crippen molar-refractivity contribution in [2.75, 3.05) is 6.61 Å². The Kier molecular flexibility index (Phi) is 4.66. The van der Waals surface area contributed by atoms with Gasteiger partial charge in [0.1, 0.15) is 11.9 Å². The van der Waals surface area contributed by atoms with Crippen LogP contribution in [0.5, 0.6) is 5.75 Å². The zero-order chi connectivity index (χ0) is 15.6. The Labute approximate surface area is 125 Å².